The first kappa shape index (κ1) is 8.27. The van der Waals surface area contributed by atoms with Crippen LogP contribution in [0.4, 0.5) is 0 Å². The fourth-order valence-corrected chi connectivity index (χ4v) is 0.565. The number of carbonyl (C=O) groups excluding carboxylic acids is 1. The van der Waals surface area contributed by atoms with Gasteiger partial charge < -0.3 is 9.47 Å². The van der Waals surface area contributed by atoms with Crippen LogP contribution in [0.5, 0.6) is 0 Å². The summed E-state index contributed by atoms with van der Waals surface area (Å²) < 4.78 is 9.76. The molecule has 1 fully saturated rings. The molecule has 1 rings (SSSR count). The molecule has 62 valence electrons. The van der Waals surface area contributed by atoms with E-state index in [9.17, 15) is 4.79 Å². The van der Waals surface area contributed by atoms with E-state index in [1.165, 1.54) is 0 Å². The predicted octanol–water partition coefficient (Wildman–Crippen LogP) is 0.895. The first-order valence-electron chi connectivity index (χ1n) is 3.65. The van der Waals surface area contributed by atoms with Gasteiger partial charge in [0.1, 0.15) is 12.7 Å². The highest BCUT2D eigenvalue weighted by Crippen LogP contribution is 2.09. The molecular formula is C8H12O3. The van der Waals surface area contributed by atoms with E-state index in [4.69, 9.17) is 9.47 Å². The Labute approximate surface area is 66.0 Å². The highest BCUT2D eigenvalue weighted by atomic mass is 16.6. The van der Waals surface area contributed by atoms with Crippen molar-refractivity contribution in [1.29, 1.82) is 0 Å². The minimum atomic E-state index is -0.247. The molecule has 0 saturated carbocycles. The standard InChI is InChI=1S/C8H12O3/c1-3-6(2)8(9)11-5-7-4-10-7/h3,7H,4-5H2,1-2H3/b6-3+. The molecule has 1 saturated heterocycles. The topological polar surface area (TPSA) is 38.8 Å². The van der Waals surface area contributed by atoms with Crippen LogP contribution in [0.25, 0.3) is 0 Å². The van der Waals surface area contributed by atoms with Crippen LogP contribution in [-0.4, -0.2) is 25.3 Å². The van der Waals surface area contributed by atoms with Crippen molar-refractivity contribution in [3.05, 3.63) is 11.6 Å². The summed E-state index contributed by atoms with van der Waals surface area (Å²) >= 11 is 0. The van der Waals surface area contributed by atoms with Crippen molar-refractivity contribution in [2.75, 3.05) is 13.2 Å². The van der Waals surface area contributed by atoms with Crippen LogP contribution in [0, 0.1) is 0 Å². The highest BCUT2D eigenvalue weighted by Gasteiger charge is 2.24. The van der Waals surface area contributed by atoms with Gasteiger partial charge in [0.05, 0.1) is 6.61 Å². The molecule has 0 aromatic heterocycles. The maximum absolute atomic E-state index is 11.0. The van der Waals surface area contributed by atoms with Crippen molar-refractivity contribution in [1.82, 2.24) is 0 Å². The molecule has 0 spiro atoms. The SMILES string of the molecule is C/C=C(\C)C(=O)OCC1CO1. The second-order valence-corrected chi connectivity index (χ2v) is 2.53. The van der Waals surface area contributed by atoms with Crippen LogP contribution in [0.15, 0.2) is 11.6 Å². The number of hydrogen-bond donors (Lipinski definition) is 0. The van der Waals surface area contributed by atoms with Gasteiger partial charge >= 0.3 is 5.97 Å². The fraction of sp³-hybridized carbons (Fsp3) is 0.625. The van der Waals surface area contributed by atoms with Crippen LogP contribution in [-0.2, 0) is 14.3 Å². The third kappa shape index (κ3) is 2.72. The number of carbonyl (C=O) groups is 1. The maximum atomic E-state index is 11.0. The molecule has 1 heterocycles. The Bertz CT molecular complexity index is 180. The lowest BCUT2D eigenvalue weighted by Gasteiger charge is -2.00. The van der Waals surface area contributed by atoms with Crippen molar-refractivity contribution in [2.45, 2.75) is 20.0 Å². The molecule has 0 aliphatic carbocycles. The van der Waals surface area contributed by atoms with Crippen molar-refractivity contribution in [2.24, 2.45) is 0 Å². The zero-order chi connectivity index (χ0) is 8.27. The zero-order valence-corrected chi connectivity index (χ0v) is 6.79. The normalized spacial score (nSPS) is 23.1. The van der Waals surface area contributed by atoms with Crippen molar-refractivity contribution in [3.63, 3.8) is 0 Å². The van der Waals surface area contributed by atoms with E-state index in [0.717, 1.165) is 6.61 Å². The third-order valence-electron chi connectivity index (χ3n) is 1.56. The van der Waals surface area contributed by atoms with Gasteiger partial charge in [0.2, 0.25) is 0 Å². The Morgan fingerprint density at radius 1 is 1.82 bits per heavy atom. The lowest BCUT2D eigenvalue weighted by molar-refractivity contribution is -0.139. The molecule has 0 bridgehead atoms. The van der Waals surface area contributed by atoms with Gasteiger partial charge in [0, 0.05) is 5.57 Å². The van der Waals surface area contributed by atoms with E-state index in [2.05, 4.69) is 0 Å². The third-order valence-corrected chi connectivity index (χ3v) is 1.56. The van der Waals surface area contributed by atoms with Gasteiger partial charge in [-0.3, -0.25) is 0 Å². The summed E-state index contributed by atoms with van der Waals surface area (Å²) in [6, 6.07) is 0. The summed E-state index contributed by atoms with van der Waals surface area (Å²) in [7, 11) is 0. The molecule has 1 aliphatic heterocycles. The number of rotatable bonds is 3. The number of esters is 1. The summed E-state index contributed by atoms with van der Waals surface area (Å²) in [6.07, 6.45) is 1.89. The Morgan fingerprint density at radius 2 is 2.45 bits per heavy atom. The van der Waals surface area contributed by atoms with E-state index in [-0.39, 0.29) is 12.1 Å². The predicted molar refractivity (Wildman–Crippen MR) is 40.1 cm³/mol. The number of allylic oxidation sites excluding steroid dienone is 1. The molecule has 0 N–H and O–H groups in total. The molecule has 1 aliphatic rings. The molecule has 0 aromatic carbocycles. The van der Waals surface area contributed by atoms with Gasteiger partial charge in [-0.25, -0.2) is 4.79 Å². The van der Waals surface area contributed by atoms with Crippen LogP contribution >= 0.6 is 0 Å². The van der Waals surface area contributed by atoms with Crippen molar-refractivity contribution in [3.8, 4) is 0 Å². The summed E-state index contributed by atoms with van der Waals surface area (Å²) in [5.41, 5.74) is 0.644. The van der Waals surface area contributed by atoms with Gasteiger partial charge in [-0.15, -0.1) is 0 Å². The Balaban J connectivity index is 2.19. The van der Waals surface area contributed by atoms with Gasteiger partial charge in [0.15, 0.2) is 0 Å². The number of epoxide rings is 1. The van der Waals surface area contributed by atoms with Gasteiger partial charge in [-0.1, -0.05) is 6.08 Å². The first-order valence-corrected chi connectivity index (χ1v) is 3.65. The number of ether oxygens (including phenoxy) is 2. The second-order valence-electron chi connectivity index (χ2n) is 2.53. The van der Waals surface area contributed by atoms with Crippen LogP contribution in [0.2, 0.25) is 0 Å². The molecule has 1 atom stereocenters. The Hall–Kier alpha value is -0.830. The molecule has 3 nitrogen and oxygen atoms in total. The summed E-state index contributed by atoms with van der Waals surface area (Å²) in [6.45, 7) is 4.66. The van der Waals surface area contributed by atoms with Crippen molar-refractivity contribution >= 4 is 5.97 Å². The minimum absolute atomic E-state index is 0.156. The van der Waals surface area contributed by atoms with E-state index in [1.54, 1.807) is 13.0 Å². The average Bonchev–Trinajstić information content (AvgIpc) is 2.81. The van der Waals surface area contributed by atoms with E-state index >= 15 is 0 Å². The van der Waals surface area contributed by atoms with Gasteiger partial charge in [0.25, 0.3) is 0 Å². The summed E-state index contributed by atoms with van der Waals surface area (Å²) in [5, 5.41) is 0. The van der Waals surface area contributed by atoms with Gasteiger partial charge in [-0.2, -0.15) is 0 Å². The Kier molecular flexibility index (Phi) is 2.65. The zero-order valence-electron chi connectivity index (χ0n) is 6.79. The monoisotopic (exact) mass is 156 g/mol. The molecule has 3 heteroatoms. The van der Waals surface area contributed by atoms with Crippen LogP contribution < -0.4 is 0 Å². The molecule has 11 heavy (non-hydrogen) atoms. The largest absolute Gasteiger partial charge is 0.459 e. The second kappa shape index (κ2) is 3.53. The smallest absolute Gasteiger partial charge is 0.333 e. The quantitative estimate of drug-likeness (QED) is 0.346. The van der Waals surface area contributed by atoms with E-state index < -0.39 is 0 Å². The summed E-state index contributed by atoms with van der Waals surface area (Å²) in [4.78, 5) is 11.0. The molecule has 0 aromatic rings. The van der Waals surface area contributed by atoms with Crippen LogP contribution in [0.3, 0.4) is 0 Å². The minimum Gasteiger partial charge on any atom is -0.459 e. The molecule has 0 amide bonds. The number of hydrogen-bond acceptors (Lipinski definition) is 3. The molecular weight excluding hydrogens is 144 g/mol. The average molecular weight is 156 g/mol. The highest BCUT2D eigenvalue weighted by molar-refractivity contribution is 5.87. The maximum Gasteiger partial charge on any atom is 0.333 e. The fourth-order valence-electron chi connectivity index (χ4n) is 0.565. The molecule has 1 unspecified atom stereocenters. The van der Waals surface area contributed by atoms with Gasteiger partial charge in [-0.05, 0) is 13.8 Å². The van der Waals surface area contributed by atoms with Crippen LogP contribution in [0.1, 0.15) is 13.8 Å². The lowest BCUT2D eigenvalue weighted by Crippen LogP contribution is -2.10. The van der Waals surface area contributed by atoms with Crippen molar-refractivity contribution < 1.29 is 14.3 Å². The van der Waals surface area contributed by atoms with E-state index in [1.807, 2.05) is 6.92 Å². The summed E-state index contributed by atoms with van der Waals surface area (Å²) in [5.74, 6) is -0.247. The first-order chi connectivity index (χ1) is 5.24. The van der Waals surface area contributed by atoms with E-state index in [0.29, 0.717) is 12.2 Å². The Morgan fingerprint density at radius 3 is 2.91 bits per heavy atom. The molecule has 0 radical (unpaired) electrons. The lowest BCUT2D eigenvalue weighted by atomic mass is 10.3.